The smallest absolute Gasteiger partial charge is 0.325 e. The van der Waals surface area contributed by atoms with Crippen LogP contribution >= 0.6 is 45.2 Å². The molecule has 0 aliphatic carbocycles. The van der Waals surface area contributed by atoms with Gasteiger partial charge in [-0.05, 0) is 68.9 Å². The summed E-state index contributed by atoms with van der Waals surface area (Å²) < 4.78 is 1.87. The SMILES string of the molecule is N[C@H](C(=O)O)c1cc(I)ccc1I. The van der Waals surface area contributed by atoms with Crippen LogP contribution in [0, 0.1) is 7.14 Å². The lowest BCUT2D eigenvalue weighted by Crippen LogP contribution is -2.21. The van der Waals surface area contributed by atoms with Gasteiger partial charge >= 0.3 is 5.97 Å². The zero-order chi connectivity index (χ0) is 10.0. The molecular formula is C8H7I2NO2. The molecule has 1 atom stereocenters. The number of hydrogen-bond acceptors (Lipinski definition) is 2. The second-order valence-corrected chi connectivity index (χ2v) is 4.89. The molecule has 0 aliphatic heterocycles. The molecule has 0 amide bonds. The van der Waals surface area contributed by atoms with Crippen molar-refractivity contribution in [3.63, 3.8) is 0 Å². The fourth-order valence-corrected chi connectivity index (χ4v) is 2.07. The van der Waals surface area contributed by atoms with Gasteiger partial charge in [0.15, 0.2) is 0 Å². The van der Waals surface area contributed by atoms with Crippen LogP contribution in [-0.4, -0.2) is 11.1 Å². The third-order valence-corrected chi connectivity index (χ3v) is 3.21. The summed E-state index contributed by atoms with van der Waals surface area (Å²) in [5.41, 5.74) is 6.17. The molecule has 0 aromatic heterocycles. The maximum absolute atomic E-state index is 10.6. The third kappa shape index (κ3) is 2.78. The van der Waals surface area contributed by atoms with Crippen LogP contribution in [0.25, 0.3) is 0 Å². The number of carboxylic acids is 1. The summed E-state index contributed by atoms with van der Waals surface area (Å²) in [5, 5.41) is 8.72. The van der Waals surface area contributed by atoms with E-state index >= 15 is 0 Å². The number of nitrogens with two attached hydrogens (primary N) is 1. The van der Waals surface area contributed by atoms with Crippen molar-refractivity contribution in [3.8, 4) is 0 Å². The van der Waals surface area contributed by atoms with Crippen molar-refractivity contribution in [2.24, 2.45) is 5.73 Å². The Morgan fingerprint density at radius 2 is 2.08 bits per heavy atom. The first-order valence-corrected chi connectivity index (χ1v) is 5.61. The molecular weight excluding hydrogens is 396 g/mol. The Labute approximate surface area is 103 Å². The van der Waals surface area contributed by atoms with Crippen LogP contribution in [0.5, 0.6) is 0 Å². The summed E-state index contributed by atoms with van der Waals surface area (Å²) in [6, 6.07) is 4.64. The second-order valence-electron chi connectivity index (χ2n) is 2.48. The molecule has 5 heteroatoms. The first kappa shape index (κ1) is 11.2. The lowest BCUT2D eigenvalue weighted by molar-refractivity contribution is -0.138. The van der Waals surface area contributed by atoms with Gasteiger partial charge in [-0.1, -0.05) is 0 Å². The maximum Gasteiger partial charge on any atom is 0.325 e. The molecule has 70 valence electrons. The zero-order valence-electron chi connectivity index (χ0n) is 6.50. The Balaban J connectivity index is 3.12. The van der Waals surface area contributed by atoms with E-state index in [4.69, 9.17) is 10.8 Å². The summed E-state index contributed by atoms with van der Waals surface area (Å²) in [6.45, 7) is 0. The van der Waals surface area contributed by atoms with Gasteiger partial charge in [0, 0.05) is 7.14 Å². The van der Waals surface area contributed by atoms with Crippen molar-refractivity contribution in [3.05, 3.63) is 30.9 Å². The summed E-state index contributed by atoms with van der Waals surface area (Å²) in [7, 11) is 0. The Kier molecular flexibility index (Phi) is 3.92. The first-order chi connectivity index (χ1) is 6.02. The Bertz CT molecular complexity index is 341. The van der Waals surface area contributed by atoms with Crippen LogP contribution in [0.3, 0.4) is 0 Å². The highest BCUT2D eigenvalue weighted by atomic mass is 127. The van der Waals surface area contributed by atoms with Crippen molar-refractivity contribution in [2.45, 2.75) is 6.04 Å². The van der Waals surface area contributed by atoms with Crippen LogP contribution in [0.15, 0.2) is 18.2 Å². The summed E-state index contributed by atoms with van der Waals surface area (Å²) in [4.78, 5) is 10.6. The van der Waals surface area contributed by atoms with Crippen molar-refractivity contribution in [1.29, 1.82) is 0 Å². The van der Waals surface area contributed by atoms with Crippen LogP contribution in [0.4, 0.5) is 0 Å². The van der Waals surface area contributed by atoms with Gasteiger partial charge in [-0.2, -0.15) is 0 Å². The van der Waals surface area contributed by atoms with E-state index in [0.29, 0.717) is 5.56 Å². The molecule has 0 aliphatic rings. The Morgan fingerprint density at radius 3 is 2.62 bits per heavy atom. The highest BCUT2D eigenvalue weighted by molar-refractivity contribution is 14.1. The molecule has 0 saturated heterocycles. The molecule has 0 saturated carbocycles. The fourth-order valence-electron chi connectivity index (χ4n) is 0.886. The molecule has 13 heavy (non-hydrogen) atoms. The van der Waals surface area contributed by atoms with E-state index in [1.807, 2.05) is 12.1 Å². The monoisotopic (exact) mass is 403 g/mol. The molecule has 3 nitrogen and oxygen atoms in total. The lowest BCUT2D eigenvalue weighted by atomic mass is 10.1. The van der Waals surface area contributed by atoms with Crippen LogP contribution in [0.2, 0.25) is 0 Å². The topological polar surface area (TPSA) is 63.3 Å². The van der Waals surface area contributed by atoms with Crippen molar-refractivity contribution >= 4 is 51.2 Å². The van der Waals surface area contributed by atoms with Crippen molar-refractivity contribution in [1.82, 2.24) is 0 Å². The lowest BCUT2D eigenvalue weighted by Gasteiger charge is -2.09. The molecule has 0 heterocycles. The van der Waals surface area contributed by atoms with Gasteiger partial charge in [-0.3, -0.25) is 4.79 Å². The van der Waals surface area contributed by atoms with E-state index in [-0.39, 0.29) is 0 Å². The molecule has 0 fully saturated rings. The third-order valence-electron chi connectivity index (χ3n) is 1.56. The number of hydrogen-bond donors (Lipinski definition) is 2. The number of carbonyl (C=O) groups is 1. The molecule has 1 aromatic carbocycles. The van der Waals surface area contributed by atoms with Gasteiger partial charge in [0.1, 0.15) is 6.04 Å². The van der Waals surface area contributed by atoms with E-state index in [9.17, 15) is 4.79 Å². The average Bonchev–Trinajstić information content (AvgIpc) is 2.08. The van der Waals surface area contributed by atoms with E-state index < -0.39 is 12.0 Å². The average molecular weight is 403 g/mol. The van der Waals surface area contributed by atoms with Crippen LogP contribution < -0.4 is 5.73 Å². The van der Waals surface area contributed by atoms with Gasteiger partial charge in [0.25, 0.3) is 0 Å². The highest BCUT2D eigenvalue weighted by Gasteiger charge is 2.16. The number of carboxylic acid groups (broad SMARTS) is 1. The quantitative estimate of drug-likeness (QED) is 0.743. The van der Waals surface area contributed by atoms with Gasteiger partial charge in [0.2, 0.25) is 0 Å². The Morgan fingerprint density at radius 1 is 1.46 bits per heavy atom. The van der Waals surface area contributed by atoms with Gasteiger partial charge in [0.05, 0.1) is 0 Å². The van der Waals surface area contributed by atoms with E-state index in [1.165, 1.54) is 0 Å². The van der Waals surface area contributed by atoms with Crippen LogP contribution in [0.1, 0.15) is 11.6 Å². The zero-order valence-corrected chi connectivity index (χ0v) is 10.8. The minimum Gasteiger partial charge on any atom is -0.480 e. The number of benzene rings is 1. The van der Waals surface area contributed by atoms with E-state index in [1.54, 1.807) is 6.07 Å². The molecule has 0 unspecified atom stereocenters. The van der Waals surface area contributed by atoms with Gasteiger partial charge in [-0.15, -0.1) is 0 Å². The summed E-state index contributed by atoms with van der Waals surface area (Å²) in [6.07, 6.45) is 0. The molecule has 0 spiro atoms. The largest absolute Gasteiger partial charge is 0.480 e. The number of aliphatic carboxylic acids is 1. The Hall–Kier alpha value is 0.110. The predicted octanol–water partition coefficient (Wildman–Crippen LogP) is 1.98. The maximum atomic E-state index is 10.6. The van der Waals surface area contributed by atoms with Gasteiger partial charge in [-0.25, -0.2) is 0 Å². The van der Waals surface area contributed by atoms with E-state index in [0.717, 1.165) is 7.14 Å². The molecule has 0 bridgehead atoms. The van der Waals surface area contributed by atoms with Gasteiger partial charge < -0.3 is 10.8 Å². The minimum absolute atomic E-state index is 0.667. The summed E-state index contributed by atoms with van der Waals surface area (Å²) >= 11 is 4.21. The van der Waals surface area contributed by atoms with Crippen molar-refractivity contribution < 1.29 is 9.90 Å². The molecule has 0 radical (unpaired) electrons. The molecule has 1 aromatic rings. The normalized spacial score (nSPS) is 12.5. The molecule has 3 N–H and O–H groups in total. The fraction of sp³-hybridized carbons (Fsp3) is 0.125. The number of halogens is 2. The standard InChI is InChI=1S/C8H7I2NO2/c9-4-1-2-6(10)5(3-4)7(11)8(12)13/h1-3,7H,11H2,(H,12,13)/t7-/m0/s1. The molecule has 1 rings (SSSR count). The second kappa shape index (κ2) is 4.56. The van der Waals surface area contributed by atoms with E-state index in [2.05, 4.69) is 45.2 Å². The first-order valence-electron chi connectivity index (χ1n) is 3.45. The minimum atomic E-state index is -1.00. The van der Waals surface area contributed by atoms with Crippen molar-refractivity contribution in [2.75, 3.05) is 0 Å². The predicted molar refractivity (Wildman–Crippen MR) is 66.4 cm³/mol. The highest BCUT2D eigenvalue weighted by Crippen LogP contribution is 2.21. The summed E-state index contributed by atoms with van der Waals surface area (Å²) in [5.74, 6) is -1.00. The van der Waals surface area contributed by atoms with Crippen LogP contribution in [-0.2, 0) is 4.79 Å². The number of rotatable bonds is 2.